The Morgan fingerprint density at radius 1 is 0.667 bits per heavy atom. The lowest BCUT2D eigenvalue weighted by Crippen LogP contribution is -2.23. The number of halogens is 7. The number of hydrogen-bond acceptors (Lipinski definition) is 0. The van der Waals surface area contributed by atoms with Crippen molar-refractivity contribution in [3.8, 4) is 0 Å². The number of alkyl halides is 6. The molecule has 0 aliphatic rings. The number of benzene rings is 2. The summed E-state index contributed by atoms with van der Waals surface area (Å²) >= 11 is 5.93. The highest BCUT2D eigenvalue weighted by Crippen LogP contribution is 2.40. The van der Waals surface area contributed by atoms with Gasteiger partial charge in [0.15, 0.2) is 0 Å². The Balaban J connectivity index is 2.22. The first kappa shape index (κ1) is 24.6. The van der Waals surface area contributed by atoms with E-state index in [2.05, 4.69) is 13.8 Å². The molecule has 2 aromatic carbocycles. The molecule has 0 unspecified atom stereocenters. The molecule has 0 amide bonds. The van der Waals surface area contributed by atoms with Crippen LogP contribution in [0.25, 0.3) is 0 Å². The van der Waals surface area contributed by atoms with E-state index in [1.165, 1.54) is 0 Å². The molecule has 0 N–H and O–H groups in total. The minimum atomic E-state index is -4.84. The lowest BCUT2D eigenvalue weighted by molar-refractivity contribution is -0.143. The fraction of sp³-hybridized carbons (Fsp3) is 0.478. The second-order valence-corrected chi connectivity index (χ2v) is 9.58. The molecule has 0 nitrogen and oxygen atoms in total. The van der Waals surface area contributed by atoms with Crippen LogP contribution in [-0.4, -0.2) is 0 Å². The van der Waals surface area contributed by atoms with E-state index in [0.717, 1.165) is 17.7 Å². The average molecular weight is 451 g/mol. The van der Waals surface area contributed by atoms with Crippen LogP contribution in [0.2, 0.25) is 5.02 Å². The van der Waals surface area contributed by atoms with Crippen LogP contribution in [0.3, 0.4) is 0 Å². The summed E-state index contributed by atoms with van der Waals surface area (Å²) in [6.45, 7) is 7.83. The molecule has 0 bridgehead atoms. The van der Waals surface area contributed by atoms with Crippen LogP contribution in [0, 0.1) is 5.41 Å². The minimum Gasteiger partial charge on any atom is -0.166 e. The summed E-state index contributed by atoms with van der Waals surface area (Å²) in [6, 6.07) is 9.26. The molecule has 166 valence electrons. The van der Waals surface area contributed by atoms with Gasteiger partial charge in [0, 0.05) is 5.02 Å². The van der Waals surface area contributed by atoms with E-state index in [0.29, 0.717) is 17.9 Å². The van der Waals surface area contributed by atoms with Crippen LogP contribution in [-0.2, 0) is 24.2 Å². The summed E-state index contributed by atoms with van der Waals surface area (Å²) in [7, 11) is 0. The van der Waals surface area contributed by atoms with Gasteiger partial charge in [-0.15, -0.1) is 0 Å². The normalized spacial score (nSPS) is 13.6. The summed E-state index contributed by atoms with van der Waals surface area (Å²) in [5, 5.41) is 0.625. The Bertz CT molecular complexity index is 828. The van der Waals surface area contributed by atoms with E-state index in [1.54, 1.807) is 12.1 Å². The van der Waals surface area contributed by atoms with Crippen LogP contribution in [0.1, 0.15) is 62.8 Å². The first-order valence-corrected chi connectivity index (χ1v) is 9.92. The zero-order valence-electron chi connectivity index (χ0n) is 17.3. The highest BCUT2D eigenvalue weighted by Gasteiger charge is 2.37. The maximum Gasteiger partial charge on any atom is 0.416 e. The average Bonchev–Trinajstić information content (AvgIpc) is 2.58. The third-order valence-electron chi connectivity index (χ3n) is 5.38. The lowest BCUT2D eigenvalue weighted by Gasteiger charge is -2.32. The highest BCUT2D eigenvalue weighted by molar-refractivity contribution is 6.30. The zero-order valence-corrected chi connectivity index (χ0v) is 18.1. The summed E-state index contributed by atoms with van der Waals surface area (Å²) in [5.41, 5.74) is -2.15. The second-order valence-electron chi connectivity index (χ2n) is 9.15. The number of hydrogen-bond donors (Lipinski definition) is 0. The first-order valence-electron chi connectivity index (χ1n) is 9.54. The predicted molar refractivity (Wildman–Crippen MR) is 108 cm³/mol. The Kier molecular flexibility index (Phi) is 6.92. The Hall–Kier alpha value is -1.69. The minimum absolute atomic E-state index is 0.0337. The topological polar surface area (TPSA) is 0 Å². The van der Waals surface area contributed by atoms with Crippen molar-refractivity contribution < 1.29 is 26.3 Å². The molecular formula is C23H25ClF6. The highest BCUT2D eigenvalue weighted by atomic mass is 35.5. The van der Waals surface area contributed by atoms with Gasteiger partial charge in [-0.1, -0.05) is 51.4 Å². The van der Waals surface area contributed by atoms with E-state index < -0.39 is 28.9 Å². The van der Waals surface area contributed by atoms with Crippen molar-refractivity contribution in [2.24, 2.45) is 5.41 Å². The Morgan fingerprint density at radius 2 is 1.13 bits per heavy atom. The van der Waals surface area contributed by atoms with Crippen molar-refractivity contribution in [1.29, 1.82) is 0 Å². The van der Waals surface area contributed by atoms with E-state index in [9.17, 15) is 26.3 Å². The third kappa shape index (κ3) is 6.66. The van der Waals surface area contributed by atoms with Gasteiger partial charge in [0.1, 0.15) is 0 Å². The largest absolute Gasteiger partial charge is 0.416 e. The van der Waals surface area contributed by atoms with Gasteiger partial charge in [-0.3, -0.25) is 0 Å². The monoisotopic (exact) mass is 450 g/mol. The van der Waals surface area contributed by atoms with E-state index in [4.69, 9.17) is 11.6 Å². The second kappa shape index (κ2) is 8.45. The quantitative estimate of drug-likeness (QED) is 0.386. The fourth-order valence-corrected chi connectivity index (χ4v) is 3.58. The lowest BCUT2D eigenvalue weighted by atomic mass is 9.73. The smallest absolute Gasteiger partial charge is 0.166 e. The maximum absolute atomic E-state index is 13.1. The van der Waals surface area contributed by atoms with Crippen LogP contribution in [0.4, 0.5) is 26.3 Å². The molecule has 2 rings (SSSR count). The van der Waals surface area contributed by atoms with E-state index in [1.807, 2.05) is 26.0 Å². The van der Waals surface area contributed by atoms with Crippen LogP contribution in [0.5, 0.6) is 0 Å². The fourth-order valence-electron chi connectivity index (χ4n) is 3.46. The van der Waals surface area contributed by atoms with Crippen molar-refractivity contribution >= 4 is 11.6 Å². The molecule has 0 saturated heterocycles. The Morgan fingerprint density at radius 3 is 1.57 bits per heavy atom. The summed E-state index contributed by atoms with van der Waals surface area (Å²) in [6.07, 6.45) is -8.23. The van der Waals surface area contributed by atoms with Gasteiger partial charge < -0.3 is 0 Å². The van der Waals surface area contributed by atoms with Crippen LogP contribution >= 0.6 is 11.6 Å². The van der Waals surface area contributed by atoms with Gasteiger partial charge in [0.25, 0.3) is 0 Å². The molecule has 0 aliphatic carbocycles. The molecule has 0 radical (unpaired) electrons. The molecule has 0 atom stereocenters. The van der Waals surface area contributed by atoms with Crippen molar-refractivity contribution in [2.45, 2.75) is 64.7 Å². The molecule has 0 aliphatic heterocycles. The van der Waals surface area contributed by atoms with Gasteiger partial charge in [0.2, 0.25) is 0 Å². The van der Waals surface area contributed by atoms with Gasteiger partial charge in [-0.25, -0.2) is 0 Å². The number of rotatable bonds is 6. The third-order valence-corrected chi connectivity index (χ3v) is 5.63. The molecule has 0 fully saturated rings. The van der Waals surface area contributed by atoms with Crippen molar-refractivity contribution in [3.63, 3.8) is 0 Å². The zero-order chi connectivity index (χ0) is 23.0. The molecule has 0 saturated carbocycles. The molecule has 0 spiro atoms. The molecular weight excluding hydrogens is 426 g/mol. The Labute approximate surface area is 178 Å². The van der Waals surface area contributed by atoms with Crippen LogP contribution in [0.15, 0.2) is 42.5 Å². The SMILES string of the molecule is CC(C)(CCC(C)(C)c1ccc(Cl)cc1)Cc1cc(C(F)(F)F)cc(C(F)(F)F)c1. The first-order chi connectivity index (χ1) is 13.5. The molecule has 2 aromatic rings. The predicted octanol–water partition coefficient (Wildman–Crippen LogP) is 8.70. The van der Waals surface area contributed by atoms with Crippen molar-refractivity contribution in [2.75, 3.05) is 0 Å². The summed E-state index contributed by atoms with van der Waals surface area (Å²) < 4.78 is 78.7. The van der Waals surface area contributed by atoms with Gasteiger partial charge in [-0.05, 0) is 71.6 Å². The molecule has 30 heavy (non-hydrogen) atoms. The van der Waals surface area contributed by atoms with E-state index in [-0.39, 0.29) is 23.5 Å². The summed E-state index contributed by atoms with van der Waals surface area (Å²) in [4.78, 5) is 0. The van der Waals surface area contributed by atoms with Gasteiger partial charge in [0.05, 0.1) is 11.1 Å². The summed E-state index contributed by atoms with van der Waals surface area (Å²) in [5.74, 6) is 0. The van der Waals surface area contributed by atoms with Gasteiger partial charge in [-0.2, -0.15) is 26.3 Å². The van der Waals surface area contributed by atoms with Crippen LogP contribution < -0.4 is 0 Å². The molecule has 7 heteroatoms. The van der Waals surface area contributed by atoms with E-state index >= 15 is 0 Å². The maximum atomic E-state index is 13.1. The van der Waals surface area contributed by atoms with Crippen molar-refractivity contribution in [3.05, 3.63) is 69.7 Å². The molecule has 0 aromatic heterocycles. The van der Waals surface area contributed by atoms with Crippen molar-refractivity contribution in [1.82, 2.24) is 0 Å². The van der Waals surface area contributed by atoms with Gasteiger partial charge >= 0.3 is 12.4 Å². The standard InChI is InChI=1S/C23H25ClF6/c1-20(2,9-10-21(3,4)16-5-7-19(24)8-6-16)14-15-11-17(22(25,26)27)13-18(12-15)23(28,29)30/h5-8,11-13H,9-10,14H2,1-4H3. The molecule has 0 heterocycles.